The Balaban J connectivity index is 1.35. The Morgan fingerprint density at radius 1 is 1.22 bits per heavy atom. The predicted molar refractivity (Wildman–Crippen MR) is 102 cm³/mol. The molecule has 0 N–H and O–H groups in total. The molecule has 1 spiro atoms. The summed E-state index contributed by atoms with van der Waals surface area (Å²) in [7, 11) is 1.76. The van der Waals surface area contributed by atoms with Crippen molar-refractivity contribution in [2.75, 3.05) is 26.8 Å². The molecule has 2 aliphatic heterocycles. The third-order valence-electron chi connectivity index (χ3n) is 5.95. The number of likely N-dealkylation sites (tertiary alicyclic amines) is 1. The number of ether oxygens (including phenoxy) is 2. The third-order valence-corrected chi connectivity index (χ3v) is 5.95. The van der Waals surface area contributed by atoms with E-state index in [1.807, 2.05) is 6.20 Å². The number of nitrogens with zero attached hydrogens (tertiary/aromatic N) is 4. The smallest absolute Gasteiger partial charge is 0.155 e. The van der Waals surface area contributed by atoms with Crippen molar-refractivity contribution in [3.05, 3.63) is 59.5 Å². The van der Waals surface area contributed by atoms with E-state index in [0.717, 1.165) is 56.9 Å². The number of methoxy groups -OCH3 is 1. The molecule has 140 valence electrons. The lowest BCUT2D eigenvalue weighted by molar-refractivity contribution is -0.100. The first kappa shape index (κ1) is 16.7. The lowest BCUT2D eigenvalue weighted by Crippen LogP contribution is -2.46. The van der Waals surface area contributed by atoms with Gasteiger partial charge in [-0.05, 0) is 48.6 Å². The molecule has 1 saturated heterocycles. The van der Waals surface area contributed by atoms with Crippen LogP contribution in [0.5, 0.6) is 5.75 Å². The molecule has 0 radical (unpaired) electrons. The molecule has 27 heavy (non-hydrogen) atoms. The standard InChI is InChI=1S/C21H24N4O2/c1-26-18-4-2-3-17-6-12-27-21(20(17)18)7-10-24(11-8-21)14-16-5-9-25-19(13-16)22-15-23-25/h2-5,9,13,15H,6-8,10-12,14H2,1H3. The summed E-state index contributed by atoms with van der Waals surface area (Å²) >= 11 is 0. The van der Waals surface area contributed by atoms with Gasteiger partial charge in [0, 0.05) is 31.4 Å². The van der Waals surface area contributed by atoms with E-state index in [9.17, 15) is 0 Å². The summed E-state index contributed by atoms with van der Waals surface area (Å²) in [5, 5.41) is 4.16. The summed E-state index contributed by atoms with van der Waals surface area (Å²) in [6.45, 7) is 3.74. The van der Waals surface area contributed by atoms with Crippen molar-refractivity contribution in [2.24, 2.45) is 0 Å². The largest absolute Gasteiger partial charge is 0.496 e. The van der Waals surface area contributed by atoms with Gasteiger partial charge in [-0.2, -0.15) is 5.10 Å². The van der Waals surface area contributed by atoms with Crippen molar-refractivity contribution in [1.29, 1.82) is 0 Å². The second-order valence-electron chi connectivity index (χ2n) is 7.46. The Bertz CT molecular complexity index is 945. The molecule has 2 aliphatic rings. The second kappa shape index (κ2) is 6.62. The molecular formula is C21H24N4O2. The van der Waals surface area contributed by atoms with Crippen molar-refractivity contribution < 1.29 is 9.47 Å². The van der Waals surface area contributed by atoms with Crippen LogP contribution in [0.1, 0.15) is 29.5 Å². The summed E-state index contributed by atoms with van der Waals surface area (Å²) < 4.78 is 13.9. The van der Waals surface area contributed by atoms with Crippen LogP contribution >= 0.6 is 0 Å². The topological polar surface area (TPSA) is 51.9 Å². The van der Waals surface area contributed by atoms with Crippen LogP contribution in [0.15, 0.2) is 42.9 Å². The molecule has 0 atom stereocenters. The fourth-order valence-corrected chi connectivity index (χ4v) is 4.58. The molecule has 0 unspecified atom stereocenters. The summed E-state index contributed by atoms with van der Waals surface area (Å²) in [5.74, 6) is 0.970. The lowest BCUT2D eigenvalue weighted by atomic mass is 9.78. The normalized spacial score (nSPS) is 19.3. The highest BCUT2D eigenvalue weighted by Gasteiger charge is 2.42. The molecular weight excluding hydrogens is 340 g/mol. The van der Waals surface area contributed by atoms with E-state index >= 15 is 0 Å². The van der Waals surface area contributed by atoms with Crippen LogP contribution in [0, 0.1) is 0 Å². The van der Waals surface area contributed by atoms with Crippen molar-refractivity contribution in [3.63, 3.8) is 0 Å². The van der Waals surface area contributed by atoms with Crippen molar-refractivity contribution >= 4 is 5.65 Å². The summed E-state index contributed by atoms with van der Waals surface area (Å²) in [4.78, 5) is 6.78. The van der Waals surface area contributed by atoms with Crippen molar-refractivity contribution in [1.82, 2.24) is 19.5 Å². The maximum absolute atomic E-state index is 6.39. The fourth-order valence-electron chi connectivity index (χ4n) is 4.58. The summed E-state index contributed by atoms with van der Waals surface area (Å²) in [6.07, 6.45) is 6.53. The van der Waals surface area contributed by atoms with E-state index in [1.54, 1.807) is 18.0 Å². The summed E-state index contributed by atoms with van der Waals surface area (Å²) in [6, 6.07) is 10.6. The number of rotatable bonds is 3. The second-order valence-corrected chi connectivity index (χ2v) is 7.46. The molecule has 2 aromatic heterocycles. The van der Waals surface area contributed by atoms with Gasteiger partial charge in [-0.15, -0.1) is 0 Å². The van der Waals surface area contributed by atoms with Crippen LogP contribution in [0.25, 0.3) is 5.65 Å². The number of pyridine rings is 1. The lowest BCUT2D eigenvalue weighted by Gasteiger charge is -2.45. The van der Waals surface area contributed by atoms with Gasteiger partial charge in [-0.1, -0.05) is 12.1 Å². The number of hydrogen-bond acceptors (Lipinski definition) is 5. The number of fused-ring (bicyclic) bond motifs is 3. The number of piperidine rings is 1. The van der Waals surface area contributed by atoms with Gasteiger partial charge < -0.3 is 9.47 Å². The monoisotopic (exact) mass is 364 g/mol. The minimum Gasteiger partial charge on any atom is -0.496 e. The third kappa shape index (κ3) is 2.89. The minimum atomic E-state index is -0.201. The molecule has 4 heterocycles. The van der Waals surface area contributed by atoms with Crippen molar-refractivity contribution in [2.45, 2.75) is 31.4 Å². The van der Waals surface area contributed by atoms with Crippen LogP contribution in [0.3, 0.4) is 0 Å². The first-order chi connectivity index (χ1) is 13.3. The van der Waals surface area contributed by atoms with Gasteiger partial charge in [-0.3, -0.25) is 4.90 Å². The van der Waals surface area contributed by atoms with E-state index < -0.39 is 0 Å². The number of benzene rings is 1. The van der Waals surface area contributed by atoms with Crippen LogP contribution in [0.2, 0.25) is 0 Å². The van der Waals surface area contributed by atoms with Gasteiger partial charge in [-0.25, -0.2) is 9.50 Å². The molecule has 1 fully saturated rings. The van der Waals surface area contributed by atoms with Gasteiger partial charge in [0.05, 0.1) is 19.3 Å². The number of hydrogen-bond donors (Lipinski definition) is 0. The van der Waals surface area contributed by atoms with Crippen LogP contribution in [-0.2, 0) is 23.3 Å². The van der Waals surface area contributed by atoms with Crippen LogP contribution in [-0.4, -0.2) is 46.3 Å². The highest BCUT2D eigenvalue weighted by atomic mass is 16.5. The zero-order valence-electron chi connectivity index (χ0n) is 15.6. The first-order valence-corrected chi connectivity index (χ1v) is 9.58. The van der Waals surface area contributed by atoms with Gasteiger partial charge in [0.1, 0.15) is 12.1 Å². The molecule has 6 nitrogen and oxygen atoms in total. The Morgan fingerprint density at radius 2 is 2.11 bits per heavy atom. The average molecular weight is 364 g/mol. The van der Waals surface area contributed by atoms with Gasteiger partial charge in [0.25, 0.3) is 0 Å². The van der Waals surface area contributed by atoms with Crippen molar-refractivity contribution in [3.8, 4) is 5.75 Å². The van der Waals surface area contributed by atoms with Gasteiger partial charge >= 0.3 is 0 Å². The molecule has 0 amide bonds. The van der Waals surface area contributed by atoms with Gasteiger partial charge in [0.15, 0.2) is 5.65 Å². The van der Waals surface area contributed by atoms with E-state index in [-0.39, 0.29) is 5.60 Å². The molecule has 5 rings (SSSR count). The van der Waals surface area contributed by atoms with Crippen LogP contribution in [0.4, 0.5) is 0 Å². The molecule has 0 bridgehead atoms. The molecule has 3 aromatic rings. The Hall–Kier alpha value is -2.44. The van der Waals surface area contributed by atoms with E-state index in [2.05, 4.69) is 45.3 Å². The zero-order chi connectivity index (χ0) is 18.3. The van der Waals surface area contributed by atoms with E-state index in [1.165, 1.54) is 16.7 Å². The quantitative estimate of drug-likeness (QED) is 0.715. The molecule has 1 aromatic carbocycles. The highest BCUT2D eigenvalue weighted by Crippen LogP contribution is 2.45. The summed E-state index contributed by atoms with van der Waals surface area (Å²) in [5.41, 5.74) is 4.63. The SMILES string of the molecule is COc1cccc2c1C1(CCN(Cc3ccn4ncnc4c3)CC1)OCC2. The van der Waals surface area contributed by atoms with E-state index in [4.69, 9.17) is 9.47 Å². The Morgan fingerprint density at radius 3 is 2.96 bits per heavy atom. The van der Waals surface area contributed by atoms with E-state index in [0.29, 0.717) is 0 Å². The first-order valence-electron chi connectivity index (χ1n) is 9.58. The maximum atomic E-state index is 6.39. The predicted octanol–water partition coefficient (Wildman–Crippen LogP) is 2.80. The van der Waals surface area contributed by atoms with Crippen LogP contribution < -0.4 is 4.74 Å². The molecule has 0 aliphatic carbocycles. The Kier molecular flexibility index (Phi) is 4.10. The fraction of sp³-hybridized carbons (Fsp3) is 0.429. The Labute approximate surface area is 158 Å². The average Bonchev–Trinajstić information content (AvgIpc) is 3.17. The minimum absolute atomic E-state index is 0.201. The molecule has 0 saturated carbocycles. The molecule has 6 heteroatoms. The highest BCUT2D eigenvalue weighted by molar-refractivity contribution is 5.46. The van der Waals surface area contributed by atoms with Gasteiger partial charge in [0.2, 0.25) is 0 Å². The zero-order valence-corrected chi connectivity index (χ0v) is 15.6. The number of aromatic nitrogens is 3. The maximum Gasteiger partial charge on any atom is 0.155 e.